The normalized spacial score (nSPS) is 13.7. The molecule has 2 aromatic rings. The number of benzene rings is 1. The zero-order valence-electron chi connectivity index (χ0n) is 12.5. The molecule has 0 aliphatic heterocycles. The highest BCUT2D eigenvalue weighted by molar-refractivity contribution is 5.72. The maximum absolute atomic E-state index is 12.0. The number of ether oxygens (including phenoxy) is 1. The molecule has 5 nitrogen and oxygen atoms in total. The topological polar surface area (TPSA) is 64.3 Å². The maximum atomic E-state index is 12.0. The number of nitrogens with zero attached hydrogens (tertiary/aromatic N) is 2. The van der Waals surface area contributed by atoms with Crippen LogP contribution >= 0.6 is 0 Å². The number of hydrogen-bond donors (Lipinski definition) is 1. The summed E-state index contributed by atoms with van der Waals surface area (Å²) >= 11 is 0. The number of hydrogen-bond acceptors (Lipinski definition) is 4. The summed E-state index contributed by atoms with van der Waals surface area (Å²) < 4.78 is 7.00. The van der Waals surface area contributed by atoms with E-state index in [4.69, 9.17) is 4.74 Å². The van der Waals surface area contributed by atoms with Gasteiger partial charge < -0.3 is 14.4 Å². The summed E-state index contributed by atoms with van der Waals surface area (Å²) in [7, 11) is 1.89. The van der Waals surface area contributed by atoms with E-state index in [-0.39, 0.29) is 18.1 Å². The van der Waals surface area contributed by atoms with E-state index in [1.807, 2.05) is 30.7 Å². The molecule has 0 aliphatic carbocycles. The Labute approximate surface area is 124 Å². The highest BCUT2D eigenvalue weighted by Crippen LogP contribution is 2.36. The minimum Gasteiger partial charge on any atom is -0.508 e. The zero-order valence-corrected chi connectivity index (χ0v) is 12.5. The quantitative estimate of drug-likeness (QED) is 0.858. The number of aromatic hydroxyl groups is 1. The monoisotopic (exact) mass is 288 g/mol. The van der Waals surface area contributed by atoms with E-state index in [9.17, 15) is 9.90 Å². The first-order chi connectivity index (χ1) is 9.97. The summed E-state index contributed by atoms with van der Waals surface area (Å²) in [6, 6.07) is 6.88. The van der Waals surface area contributed by atoms with Crippen LogP contribution in [-0.4, -0.2) is 27.2 Å². The van der Waals surface area contributed by atoms with Crippen molar-refractivity contribution in [2.24, 2.45) is 7.05 Å². The van der Waals surface area contributed by atoms with Gasteiger partial charge in [-0.15, -0.1) is 0 Å². The van der Waals surface area contributed by atoms with Crippen LogP contribution in [0.15, 0.2) is 36.8 Å². The van der Waals surface area contributed by atoms with Crippen molar-refractivity contribution < 1.29 is 14.6 Å². The van der Waals surface area contributed by atoms with Crippen LogP contribution in [0.3, 0.4) is 0 Å². The number of carbonyl (C=O) groups excluding carboxylic acids is 1. The van der Waals surface area contributed by atoms with Gasteiger partial charge in [-0.05, 0) is 31.5 Å². The number of imidazole rings is 1. The smallest absolute Gasteiger partial charge is 0.307 e. The van der Waals surface area contributed by atoms with Gasteiger partial charge in [0.15, 0.2) is 0 Å². The average molecular weight is 288 g/mol. The Morgan fingerprint density at radius 3 is 2.57 bits per heavy atom. The molecule has 2 rings (SSSR count). The molecule has 0 unspecified atom stereocenters. The molecule has 0 fully saturated rings. The van der Waals surface area contributed by atoms with Crippen molar-refractivity contribution in [3.05, 3.63) is 48.0 Å². The lowest BCUT2D eigenvalue weighted by Crippen LogP contribution is -2.30. The van der Waals surface area contributed by atoms with Crippen LogP contribution in [0, 0.1) is 0 Å². The number of aryl methyl sites for hydroxylation is 1. The first-order valence-corrected chi connectivity index (χ1v) is 6.89. The molecular weight excluding hydrogens is 268 g/mol. The van der Waals surface area contributed by atoms with Crippen molar-refractivity contribution >= 4 is 5.97 Å². The largest absolute Gasteiger partial charge is 0.508 e. The molecule has 0 aliphatic rings. The average Bonchev–Trinajstić information content (AvgIpc) is 2.86. The Morgan fingerprint density at radius 2 is 2.05 bits per heavy atom. The highest BCUT2D eigenvalue weighted by Gasteiger charge is 2.34. The lowest BCUT2D eigenvalue weighted by Gasteiger charge is -2.29. The molecule has 0 saturated heterocycles. The van der Waals surface area contributed by atoms with Gasteiger partial charge in [-0.2, -0.15) is 0 Å². The van der Waals surface area contributed by atoms with Crippen molar-refractivity contribution in [2.45, 2.75) is 25.7 Å². The van der Waals surface area contributed by atoms with Crippen LogP contribution < -0.4 is 0 Å². The van der Waals surface area contributed by atoms with Crippen LogP contribution in [0.5, 0.6) is 5.75 Å². The minimum absolute atomic E-state index is 0.197. The Kier molecular flexibility index (Phi) is 4.31. The van der Waals surface area contributed by atoms with Gasteiger partial charge >= 0.3 is 5.97 Å². The summed E-state index contributed by atoms with van der Waals surface area (Å²) in [6.07, 6.45) is 3.68. The van der Waals surface area contributed by atoms with Gasteiger partial charge in [0.2, 0.25) is 0 Å². The molecule has 5 heteroatoms. The van der Waals surface area contributed by atoms with E-state index in [1.54, 1.807) is 31.6 Å². The van der Waals surface area contributed by atoms with E-state index in [0.29, 0.717) is 6.61 Å². The van der Waals surface area contributed by atoms with Crippen LogP contribution in [-0.2, 0) is 22.0 Å². The number of phenolic OH excluding ortho intramolecular Hbond substituents is 1. The van der Waals surface area contributed by atoms with Gasteiger partial charge in [-0.25, -0.2) is 4.98 Å². The molecule has 1 aromatic heterocycles. The number of rotatable bonds is 5. The van der Waals surface area contributed by atoms with E-state index in [0.717, 1.165) is 11.3 Å². The number of carbonyl (C=O) groups is 1. The molecule has 1 N–H and O–H groups in total. The molecule has 0 saturated carbocycles. The third kappa shape index (κ3) is 3.07. The third-order valence-electron chi connectivity index (χ3n) is 3.69. The maximum Gasteiger partial charge on any atom is 0.307 e. The molecule has 0 amide bonds. The second kappa shape index (κ2) is 5.99. The summed E-state index contributed by atoms with van der Waals surface area (Å²) in [5, 5.41) is 9.46. The van der Waals surface area contributed by atoms with Gasteiger partial charge in [0.1, 0.15) is 5.75 Å². The second-order valence-electron chi connectivity index (χ2n) is 5.25. The van der Waals surface area contributed by atoms with Gasteiger partial charge in [0.05, 0.1) is 19.4 Å². The molecule has 0 bridgehead atoms. The van der Waals surface area contributed by atoms with Gasteiger partial charge in [-0.1, -0.05) is 12.1 Å². The van der Waals surface area contributed by atoms with Crippen molar-refractivity contribution in [3.8, 4) is 5.75 Å². The van der Waals surface area contributed by atoms with Gasteiger partial charge in [0, 0.05) is 24.4 Å². The molecule has 1 atom stereocenters. The molecule has 21 heavy (non-hydrogen) atoms. The van der Waals surface area contributed by atoms with Crippen molar-refractivity contribution in [1.82, 2.24) is 9.55 Å². The highest BCUT2D eigenvalue weighted by atomic mass is 16.5. The number of phenols is 1. The molecule has 112 valence electrons. The molecule has 0 spiro atoms. The number of esters is 1. The van der Waals surface area contributed by atoms with Gasteiger partial charge in [-0.3, -0.25) is 4.79 Å². The van der Waals surface area contributed by atoms with E-state index >= 15 is 0 Å². The first kappa shape index (κ1) is 15.1. The van der Waals surface area contributed by atoms with E-state index in [1.165, 1.54) is 0 Å². The molecule has 0 radical (unpaired) electrons. The van der Waals surface area contributed by atoms with Crippen LogP contribution in [0.1, 0.15) is 31.5 Å². The summed E-state index contributed by atoms with van der Waals surface area (Å²) in [5.74, 6) is -0.0588. The SMILES string of the molecule is CCOC(=O)C[C@@](C)(c1ccc(O)cc1)c1cncn1C. The Balaban J connectivity index is 2.46. The molecule has 1 aromatic carbocycles. The third-order valence-corrected chi connectivity index (χ3v) is 3.69. The minimum atomic E-state index is -0.564. The fourth-order valence-electron chi connectivity index (χ4n) is 2.56. The van der Waals surface area contributed by atoms with Crippen LogP contribution in [0.25, 0.3) is 0 Å². The van der Waals surface area contributed by atoms with Crippen molar-refractivity contribution in [3.63, 3.8) is 0 Å². The fraction of sp³-hybridized carbons (Fsp3) is 0.375. The summed E-state index contributed by atoms with van der Waals surface area (Å²) in [5.41, 5.74) is 1.28. The van der Waals surface area contributed by atoms with Crippen LogP contribution in [0.2, 0.25) is 0 Å². The zero-order chi connectivity index (χ0) is 15.5. The standard InChI is InChI=1S/C16H20N2O3/c1-4-21-15(20)9-16(2,14-10-17-11-18(14)3)12-5-7-13(19)8-6-12/h5-8,10-11,19H,4,9H2,1-3H3/t16-/m0/s1. The van der Waals surface area contributed by atoms with E-state index < -0.39 is 5.41 Å². The summed E-state index contributed by atoms with van der Waals surface area (Å²) in [6.45, 7) is 4.13. The number of aromatic nitrogens is 2. The predicted octanol–water partition coefficient (Wildman–Crippen LogP) is 2.38. The lowest BCUT2D eigenvalue weighted by molar-refractivity contribution is -0.144. The molecule has 1 heterocycles. The first-order valence-electron chi connectivity index (χ1n) is 6.89. The Morgan fingerprint density at radius 1 is 1.38 bits per heavy atom. The second-order valence-corrected chi connectivity index (χ2v) is 5.25. The summed E-state index contributed by atoms with van der Waals surface area (Å²) in [4.78, 5) is 16.1. The lowest BCUT2D eigenvalue weighted by atomic mass is 9.76. The van der Waals surface area contributed by atoms with Gasteiger partial charge in [0.25, 0.3) is 0 Å². The molecular formula is C16H20N2O3. The van der Waals surface area contributed by atoms with Crippen molar-refractivity contribution in [1.29, 1.82) is 0 Å². The Bertz CT molecular complexity index is 619. The Hall–Kier alpha value is -2.30. The van der Waals surface area contributed by atoms with E-state index in [2.05, 4.69) is 4.98 Å². The predicted molar refractivity (Wildman–Crippen MR) is 79.0 cm³/mol. The fourth-order valence-corrected chi connectivity index (χ4v) is 2.56. The van der Waals surface area contributed by atoms with Crippen LogP contribution in [0.4, 0.5) is 0 Å². The van der Waals surface area contributed by atoms with Crippen molar-refractivity contribution in [2.75, 3.05) is 6.61 Å².